The van der Waals surface area contributed by atoms with Crippen molar-refractivity contribution in [3.8, 4) is 11.3 Å². The molecule has 1 aliphatic rings. The van der Waals surface area contributed by atoms with E-state index in [-0.39, 0.29) is 32.1 Å². The molecule has 0 spiro atoms. The van der Waals surface area contributed by atoms with Crippen LogP contribution >= 0.6 is 0 Å². The number of benzene rings is 1. The number of likely N-dealkylation sites (tertiary alicyclic amines) is 1. The zero-order valence-electron chi connectivity index (χ0n) is 21.8. The van der Waals surface area contributed by atoms with Crippen molar-refractivity contribution in [1.29, 1.82) is 0 Å². The van der Waals surface area contributed by atoms with Crippen LogP contribution in [0.15, 0.2) is 36.5 Å². The quantitative estimate of drug-likeness (QED) is 0.801. The maximum Gasteiger partial charge on any atom is 0.321 e. The molecule has 3 rings (SSSR count). The Hall–Kier alpha value is -3.03. The minimum atomic E-state index is -0.567. The van der Waals surface area contributed by atoms with Crippen LogP contribution in [0.25, 0.3) is 11.3 Å². The number of pyridine rings is 1. The molecular formula is C20H32F2N4O2. The van der Waals surface area contributed by atoms with Crippen molar-refractivity contribution in [1.82, 2.24) is 14.8 Å². The van der Waals surface area contributed by atoms with Crippen LogP contribution in [0.4, 0.5) is 19.3 Å². The van der Waals surface area contributed by atoms with Crippen molar-refractivity contribution in [3.63, 3.8) is 0 Å². The molecule has 1 saturated heterocycles. The first-order valence-electron chi connectivity index (χ1n) is 12.1. The monoisotopic (exact) mass is 406 g/mol. The van der Waals surface area contributed by atoms with Gasteiger partial charge < -0.3 is 15.1 Å². The van der Waals surface area contributed by atoms with Gasteiger partial charge in [0.2, 0.25) is 5.91 Å². The lowest BCUT2D eigenvalue weighted by molar-refractivity contribution is -0.130. The van der Waals surface area contributed by atoms with E-state index in [1.165, 1.54) is 12.3 Å². The van der Waals surface area contributed by atoms with Gasteiger partial charge in [-0.1, -0.05) is 0 Å². The molecule has 1 N–H and O–H groups in total. The number of piperidine rings is 1. The van der Waals surface area contributed by atoms with Gasteiger partial charge >= 0.3 is 6.03 Å². The fraction of sp³-hybridized carbons (Fsp3) is 0.350. The van der Waals surface area contributed by atoms with Gasteiger partial charge in [0.1, 0.15) is 11.6 Å². The fourth-order valence-corrected chi connectivity index (χ4v) is 3.27. The molecule has 2 heterocycles. The van der Waals surface area contributed by atoms with Crippen LogP contribution in [0.3, 0.4) is 0 Å². The number of carbonyl (C=O) groups is 2. The predicted molar refractivity (Wildman–Crippen MR) is 112 cm³/mol. The van der Waals surface area contributed by atoms with E-state index in [0.717, 1.165) is 31.0 Å². The van der Waals surface area contributed by atoms with Gasteiger partial charge in [-0.3, -0.25) is 9.78 Å². The topological polar surface area (TPSA) is 65.5 Å². The van der Waals surface area contributed by atoms with Crippen LogP contribution in [-0.2, 0) is 4.79 Å². The molecule has 1 aromatic heterocycles. The number of amides is 3. The van der Waals surface area contributed by atoms with Gasteiger partial charge in [0.05, 0.1) is 17.6 Å². The third kappa shape index (κ3) is 4.44. The second-order valence-electron chi connectivity index (χ2n) is 6.83. The molecule has 0 atom stereocenters. The van der Waals surface area contributed by atoms with Crippen molar-refractivity contribution in [2.75, 3.05) is 25.5 Å². The Balaban J connectivity index is -0.00000127. The highest BCUT2D eigenvalue weighted by molar-refractivity contribution is 5.89. The van der Waals surface area contributed by atoms with Crippen LogP contribution in [0.1, 0.15) is 31.5 Å². The van der Waals surface area contributed by atoms with Crippen LogP contribution in [0, 0.1) is 11.6 Å². The molecule has 0 unspecified atom stereocenters. The average molecular weight is 407 g/mol. The Labute approximate surface area is 174 Å². The summed E-state index contributed by atoms with van der Waals surface area (Å²) in [6, 6.07) is 6.06. The highest BCUT2D eigenvalue weighted by atomic mass is 19.1. The van der Waals surface area contributed by atoms with Crippen molar-refractivity contribution in [2.24, 2.45) is 0 Å². The number of carbonyl (C=O) groups excluding carboxylic acids is 2. The number of nitrogens with one attached hydrogen (secondary N) is 1. The Kier molecular flexibility index (Phi) is 4.75. The zero-order valence-corrected chi connectivity index (χ0v) is 15.8. The Morgan fingerprint density at radius 2 is 1.96 bits per heavy atom. The van der Waals surface area contributed by atoms with E-state index < -0.39 is 11.6 Å². The Bertz CT molecular complexity index is 893. The van der Waals surface area contributed by atoms with E-state index in [1.54, 1.807) is 29.8 Å². The fourth-order valence-electron chi connectivity index (χ4n) is 3.27. The molecule has 1 aromatic carbocycles. The number of rotatable bonds is 3. The van der Waals surface area contributed by atoms with Crippen LogP contribution in [-0.4, -0.2) is 52.9 Å². The van der Waals surface area contributed by atoms with E-state index in [1.807, 2.05) is 0 Å². The van der Waals surface area contributed by atoms with E-state index >= 15 is 0 Å². The highest BCUT2D eigenvalue weighted by Gasteiger charge is 2.26. The van der Waals surface area contributed by atoms with Gasteiger partial charge in [0, 0.05) is 50.4 Å². The summed E-state index contributed by atoms with van der Waals surface area (Å²) in [6.45, 7) is 2.81. The summed E-state index contributed by atoms with van der Waals surface area (Å²) in [4.78, 5) is 31.4. The standard InChI is InChI=1S/C20H22F2N4O2.5H2/c1-13(27)26-9-7-16(8-10-26)25(2)20(28)24-15-4-6-19(23-12-15)17-11-14(21)3-5-18(17)22;;;;;/h3-6,11-12,16H,7-10H2,1-2H3,(H,24,28);5*1H/i;3*1+1D;2*1+1. The summed E-state index contributed by atoms with van der Waals surface area (Å²) < 4.78 is 57.2. The number of hydrogen-bond acceptors (Lipinski definition) is 3. The van der Waals surface area contributed by atoms with Crippen molar-refractivity contribution < 1.29 is 30.1 Å². The van der Waals surface area contributed by atoms with E-state index in [9.17, 15) is 18.4 Å². The second kappa shape index (κ2) is 8.33. The first-order chi connectivity index (χ1) is 16.3. The molecule has 28 heavy (non-hydrogen) atoms. The van der Waals surface area contributed by atoms with Gasteiger partial charge in [-0.25, -0.2) is 13.6 Å². The first kappa shape index (κ1) is 16.0. The number of urea groups is 1. The summed E-state index contributed by atoms with van der Waals surface area (Å²) in [5, 5.41) is 2.75. The molecule has 1 aliphatic heterocycles. The highest BCUT2D eigenvalue weighted by Crippen LogP contribution is 2.23. The number of hydrogen-bond donors (Lipinski definition) is 1. The molecule has 6 nitrogen and oxygen atoms in total. The third-order valence-corrected chi connectivity index (χ3v) is 5.00. The number of halogens is 2. The lowest BCUT2D eigenvalue weighted by Crippen LogP contribution is -2.47. The van der Waals surface area contributed by atoms with Gasteiger partial charge in [-0.15, -0.1) is 0 Å². The van der Waals surface area contributed by atoms with E-state index in [2.05, 4.69) is 10.3 Å². The molecule has 3 amide bonds. The lowest BCUT2D eigenvalue weighted by Gasteiger charge is -2.36. The van der Waals surface area contributed by atoms with Crippen LogP contribution in [0.5, 0.6) is 0 Å². The average Bonchev–Trinajstić information content (AvgIpc) is 2.89. The van der Waals surface area contributed by atoms with Crippen molar-refractivity contribution >= 4 is 17.6 Å². The SMILES string of the molecule is CC(=O)N1CCC(N(C)C(=O)Nc2ccc(-c3cc(F)ccc3F)nc2)CC1.[2HH].[2HH].[2H][2H].[2H][2H].[2H][2H]. The van der Waals surface area contributed by atoms with Gasteiger partial charge in [0.15, 0.2) is 0 Å². The maximum absolute atomic E-state index is 13.8. The zero-order chi connectivity index (χ0) is 26.3. The lowest BCUT2D eigenvalue weighted by atomic mass is 10.0. The van der Waals surface area contributed by atoms with Crippen LogP contribution < -0.4 is 5.32 Å². The minimum absolute atomic E-state index is 0. The predicted octanol–water partition coefficient (Wildman–Crippen LogP) is 4.73. The van der Waals surface area contributed by atoms with Crippen LogP contribution in [0.2, 0.25) is 0 Å². The smallest absolute Gasteiger partial charge is 0.321 e. The molecule has 158 valence electrons. The molecule has 0 saturated carbocycles. The molecule has 0 radical (unpaired) electrons. The molecule has 0 bridgehead atoms. The van der Waals surface area contributed by atoms with Gasteiger partial charge in [-0.05, 0) is 43.2 Å². The van der Waals surface area contributed by atoms with E-state index in [0.29, 0.717) is 18.8 Å². The number of aromatic nitrogens is 1. The number of anilines is 1. The van der Waals surface area contributed by atoms with Gasteiger partial charge in [0.25, 0.3) is 0 Å². The van der Waals surface area contributed by atoms with Crippen molar-refractivity contribution in [2.45, 2.75) is 25.8 Å². The Morgan fingerprint density at radius 1 is 1.25 bits per heavy atom. The summed E-state index contributed by atoms with van der Waals surface area (Å²) in [5.74, 6) is -1.07. The molecular weight excluding hydrogens is 366 g/mol. The molecule has 0 aliphatic carbocycles. The second-order valence-corrected chi connectivity index (χ2v) is 6.83. The normalized spacial score (nSPS) is 15.5. The molecule has 1 fully saturated rings. The third-order valence-electron chi connectivity index (χ3n) is 5.00. The minimum Gasteiger partial charge on any atom is -0.343 e. The number of nitrogens with zero attached hydrogens (tertiary/aromatic N) is 3. The van der Waals surface area contributed by atoms with Gasteiger partial charge in [-0.2, -0.15) is 0 Å². The van der Waals surface area contributed by atoms with Crippen molar-refractivity contribution in [3.05, 3.63) is 48.2 Å². The summed E-state index contributed by atoms with van der Waals surface area (Å²) in [5.41, 5.74) is 0.797. The first-order valence-corrected chi connectivity index (χ1v) is 9.06. The molecule has 8 heteroatoms. The maximum atomic E-state index is 13.8. The summed E-state index contributed by atoms with van der Waals surface area (Å²) >= 11 is 0. The summed E-state index contributed by atoms with van der Waals surface area (Å²) in [7, 11) is 1.72. The summed E-state index contributed by atoms with van der Waals surface area (Å²) in [6.07, 6.45) is 2.85. The largest absolute Gasteiger partial charge is 0.343 e. The van der Waals surface area contributed by atoms with E-state index in [4.69, 9.17) is 8.91 Å². The Morgan fingerprint density at radius 3 is 2.57 bits per heavy atom. The molecule has 2 aromatic rings.